The van der Waals surface area contributed by atoms with Gasteiger partial charge in [0, 0.05) is 30.2 Å². The van der Waals surface area contributed by atoms with Crippen molar-refractivity contribution < 1.29 is 4.79 Å². The third-order valence-corrected chi connectivity index (χ3v) is 4.41. The average Bonchev–Trinajstić information content (AvgIpc) is 3.10. The van der Waals surface area contributed by atoms with E-state index in [1.807, 2.05) is 18.4 Å². The Balaban J connectivity index is 1.44. The number of amides is 1. The zero-order valence-corrected chi connectivity index (χ0v) is 13.4. The highest BCUT2D eigenvalue weighted by atomic mass is 32.1. The average molecular weight is 313 g/mol. The smallest absolute Gasteiger partial charge is 0.226 e. The highest BCUT2D eigenvalue weighted by Gasteiger charge is 2.06. The summed E-state index contributed by atoms with van der Waals surface area (Å²) in [6.45, 7) is 3.55. The van der Waals surface area contributed by atoms with Crippen molar-refractivity contribution in [3.05, 3.63) is 52.6 Å². The fourth-order valence-corrected chi connectivity index (χ4v) is 3.14. The maximum Gasteiger partial charge on any atom is 0.226 e. The zero-order valence-electron chi connectivity index (χ0n) is 12.6. The van der Waals surface area contributed by atoms with Crippen LogP contribution in [0.1, 0.15) is 17.1 Å². The number of carbonyl (C=O) groups is 1. The molecule has 0 bridgehead atoms. The summed E-state index contributed by atoms with van der Waals surface area (Å²) < 4.78 is 2.23. The van der Waals surface area contributed by atoms with Gasteiger partial charge in [-0.2, -0.15) is 0 Å². The molecule has 2 heterocycles. The van der Waals surface area contributed by atoms with Crippen LogP contribution in [0, 0.1) is 6.92 Å². The van der Waals surface area contributed by atoms with Gasteiger partial charge in [0.25, 0.3) is 0 Å². The molecule has 4 nitrogen and oxygen atoms in total. The second kappa shape index (κ2) is 6.75. The van der Waals surface area contributed by atoms with Gasteiger partial charge in [0.15, 0.2) is 0 Å². The number of rotatable bonds is 6. The van der Waals surface area contributed by atoms with E-state index >= 15 is 0 Å². The topological polar surface area (TPSA) is 46.9 Å². The van der Waals surface area contributed by atoms with Crippen molar-refractivity contribution in [2.45, 2.75) is 26.3 Å². The maximum atomic E-state index is 11.8. The Morgan fingerprint density at radius 1 is 1.32 bits per heavy atom. The summed E-state index contributed by atoms with van der Waals surface area (Å²) >= 11 is 1.58. The van der Waals surface area contributed by atoms with E-state index in [9.17, 15) is 4.79 Å². The van der Waals surface area contributed by atoms with E-state index in [1.165, 1.54) is 10.9 Å². The fraction of sp³-hybridized carbons (Fsp3) is 0.294. The Morgan fingerprint density at radius 3 is 3.00 bits per heavy atom. The monoisotopic (exact) mass is 313 g/mol. The first kappa shape index (κ1) is 14.8. The molecule has 0 aliphatic heterocycles. The first-order valence-corrected chi connectivity index (χ1v) is 8.32. The lowest BCUT2D eigenvalue weighted by molar-refractivity contribution is -0.120. The number of aryl methyl sites for hydroxylation is 2. The van der Waals surface area contributed by atoms with Gasteiger partial charge in [0.1, 0.15) is 0 Å². The van der Waals surface area contributed by atoms with Crippen LogP contribution in [0.5, 0.6) is 0 Å². The lowest BCUT2D eigenvalue weighted by atomic mass is 10.2. The number of hydrogen-bond acceptors (Lipinski definition) is 3. The lowest BCUT2D eigenvalue weighted by Crippen LogP contribution is -2.26. The van der Waals surface area contributed by atoms with Crippen molar-refractivity contribution in [1.29, 1.82) is 0 Å². The molecule has 0 aliphatic rings. The molecule has 5 heteroatoms. The van der Waals surface area contributed by atoms with Crippen molar-refractivity contribution in [2.75, 3.05) is 6.54 Å². The van der Waals surface area contributed by atoms with Gasteiger partial charge in [-0.3, -0.25) is 4.79 Å². The Kier molecular flexibility index (Phi) is 4.53. The van der Waals surface area contributed by atoms with Gasteiger partial charge in [0.2, 0.25) is 5.91 Å². The number of nitrogens with zero attached hydrogens (tertiary/aromatic N) is 2. The molecule has 0 saturated carbocycles. The molecule has 0 fully saturated rings. The largest absolute Gasteiger partial charge is 0.356 e. The number of nitrogens with one attached hydrogen (secondary N) is 1. The van der Waals surface area contributed by atoms with Crippen LogP contribution in [0.25, 0.3) is 10.9 Å². The first-order valence-electron chi connectivity index (χ1n) is 7.44. The molecule has 0 unspecified atom stereocenters. The number of fused-ring (bicyclic) bond motifs is 1. The number of aromatic nitrogens is 2. The molecule has 1 N–H and O–H groups in total. The lowest BCUT2D eigenvalue weighted by Gasteiger charge is -2.07. The summed E-state index contributed by atoms with van der Waals surface area (Å²) in [5, 5.41) is 7.17. The Morgan fingerprint density at radius 2 is 2.18 bits per heavy atom. The van der Waals surface area contributed by atoms with Crippen molar-refractivity contribution in [2.24, 2.45) is 0 Å². The van der Waals surface area contributed by atoms with E-state index in [0.717, 1.165) is 23.7 Å². The molecule has 1 aromatic carbocycles. The molecule has 0 atom stereocenters. The summed E-state index contributed by atoms with van der Waals surface area (Å²) in [6, 6.07) is 10.5. The van der Waals surface area contributed by atoms with Crippen LogP contribution in [0.2, 0.25) is 0 Å². The maximum absolute atomic E-state index is 11.8. The van der Waals surface area contributed by atoms with Crippen LogP contribution in [0.3, 0.4) is 0 Å². The highest BCUT2D eigenvalue weighted by molar-refractivity contribution is 7.09. The third-order valence-electron chi connectivity index (χ3n) is 3.59. The third kappa shape index (κ3) is 3.54. The van der Waals surface area contributed by atoms with Crippen molar-refractivity contribution in [3.8, 4) is 0 Å². The molecule has 2 aromatic heterocycles. The Bertz CT molecular complexity index is 775. The van der Waals surface area contributed by atoms with E-state index in [-0.39, 0.29) is 5.91 Å². The number of thiazole rings is 1. The molecule has 114 valence electrons. The van der Waals surface area contributed by atoms with Crippen LogP contribution in [0.15, 0.2) is 41.9 Å². The summed E-state index contributed by atoms with van der Waals surface area (Å²) in [6.07, 6.45) is 3.39. The van der Waals surface area contributed by atoms with Crippen molar-refractivity contribution in [1.82, 2.24) is 14.9 Å². The molecule has 0 radical (unpaired) electrons. The molecular weight excluding hydrogens is 294 g/mol. The van der Waals surface area contributed by atoms with Crippen molar-refractivity contribution >= 4 is 28.1 Å². The standard InChI is InChI=1S/C17H19N3OS/c1-13-19-15(12-22-13)11-17(21)18-8-4-9-20-10-7-14-5-2-3-6-16(14)20/h2-3,5-7,10,12H,4,8-9,11H2,1H3,(H,18,21). The predicted molar refractivity (Wildman–Crippen MR) is 90.1 cm³/mol. The quantitative estimate of drug-likeness (QED) is 0.711. The summed E-state index contributed by atoms with van der Waals surface area (Å²) in [5.41, 5.74) is 2.10. The van der Waals surface area contributed by atoms with Crippen molar-refractivity contribution in [3.63, 3.8) is 0 Å². The number of carbonyl (C=O) groups excluding carboxylic acids is 1. The van der Waals surface area contributed by atoms with Gasteiger partial charge in [0.05, 0.1) is 17.1 Å². The van der Waals surface area contributed by atoms with Gasteiger partial charge in [-0.15, -0.1) is 11.3 Å². The van der Waals surface area contributed by atoms with Crippen LogP contribution in [0.4, 0.5) is 0 Å². The minimum absolute atomic E-state index is 0.0441. The summed E-state index contributed by atoms with van der Waals surface area (Å²) in [4.78, 5) is 16.1. The van der Waals surface area contributed by atoms with Crippen LogP contribution in [-0.2, 0) is 17.8 Å². The predicted octanol–water partition coefficient (Wildman–Crippen LogP) is 3.16. The SMILES string of the molecule is Cc1nc(CC(=O)NCCCn2ccc3ccccc32)cs1. The molecule has 3 aromatic rings. The second-order valence-electron chi connectivity index (χ2n) is 5.31. The van der Waals surface area contributed by atoms with Gasteiger partial charge >= 0.3 is 0 Å². The van der Waals surface area contributed by atoms with Gasteiger partial charge < -0.3 is 9.88 Å². The highest BCUT2D eigenvalue weighted by Crippen LogP contribution is 2.15. The molecule has 1 amide bonds. The van der Waals surface area contributed by atoms with E-state index in [1.54, 1.807) is 11.3 Å². The van der Waals surface area contributed by atoms with E-state index in [4.69, 9.17) is 0 Å². The molecular formula is C17H19N3OS. The van der Waals surface area contributed by atoms with Crippen LogP contribution >= 0.6 is 11.3 Å². The number of para-hydroxylation sites is 1. The van der Waals surface area contributed by atoms with Crippen LogP contribution in [-0.4, -0.2) is 22.0 Å². The first-order chi connectivity index (χ1) is 10.7. The van der Waals surface area contributed by atoms with E-state index < -0.39 is 0 Å². The normalized spacial score (nSPS) is 11.0. The fourth-order valence-electron chi connectivity index (χ4n) is 2.53. The number of benzene rings is 1. The Hall–Kier alpha value is -2.14. The van der Waals surface area contributed by atoms with E-state index in [2.05, 4.69) is 45.3 Å². The van der Waals surface area contributed by atoms with Gasteiger partial charge in [-0.25, -0.2) is 4.98 Å². The van der Waals surface area contributed by atoms with Gasteiger partial charge in [-0.1, -0.05) is 18.2 Å². The molecule has 0 spiro atoms. The minimum atomic E-state index is 0.0441. The molecule has 0 aliphatic carbocycles. The van der Waals surface area contributed by atoms with Crippen LogP contribution < -0.4 is 5.32 Å². The zero-order chi connectivity index (χ0) is 15.4. The summed E-state index contributed by atoms with van der Waals surface area (Å²) in [7, 11) is 0. The molecule has 3 rings (SSSR count). The van der Waals surface area contributed by atoms with E-state index in [0.29, 0.717) is 13.0 Å². The minimum Gasteiger partial charge on any atom is -0.356 e. The number of hydrogen-bond donors (Lipinski definition) is 1. The molecule has 0 saturated heterocycles. The second-order valence-corrected chi connectivity index (χ2v) is 6.37. The Labute approximate surface area is 133 Å². The summed E-state index contributed by atoms with van der Waals surface area (Å²) in [5.74, 6) is 0.0441. The molecule has 22 heavy (non-hydrogen) atoms. The van der Waals surface area contributed by atoms with Gasteiger partial charge in [-0.05, 0) is 30.9 Å².